The molecule has 0 aliphatic carbocycles. The zero-order valence-corrected chi connectivity index (χ0v) is 13.4. The summed E-state index contributed by atoms with van der Waals surface area (Å²) < 4.78 is 33.1. The largest absolute Gasteiger partial charge is 0.390 e. The lowest BCUT2D eigenvalue weighted by Crippen LogP contribution is -2.37. The summed E-state index contributed by atoms with van der Waals surface area (Å²) in [5.41, 5.74) is 0.609. The molecule has 6 nitrogen and oxygen atoms in total. The Kier molecular flexibility index (Phi) is 6.19. The predicted octanol–water partition coefficient (Wildman–Crippen LogP) is 1.05. The molecule has 1 rings (SSSR count). The summed E-state index contributed by atoms with van der Waals surface area (Å²) >= 11 is 0. The number of ether oxygens (including phenoxy) is 1. The van der Waals surface area contributed by atoms with Gasteiger partial charge in [0.2, 0.25) is 10.0 Å². The number of aliphatic hydroxyl groups is 1. The van der Waals surface area contributed by atoms with Crippen molar-refractivity contribution in [1.29, 1.82) is 0 Å². The van der Waals surface area contributed by atoms with E-state index in [4.69, 9.17) is 4.74 Å². The molecule has 1 N–H and O–H groups in total. The van der Waals surface area contributed by atoms with Crippen molar-refractivity contribution < 1.29 is 18.3 Å². The highest BCUT2D eigenvalue weighted by atomic mass is 32.2. The Bertz CT molecular complexity index is 524. The summed E-state index contributed by atoms with van der Waals surface area (Å²) in [5, 5.41) is 9.31. The van der Waals surface area contributed by atoms with E-state index in [2.05, 4.69) is 0 Å². The molecule has 116 valence electrons. The monoisotopic (exact) mass is 304 g/mol. The molecule has 0 aromatic carbocycles. The lowest BCUT2D eigenvalue weighted by atomic mass is 10.4. The Morgan fingerprint density at radius 1 is 1.50 bits per heavy atom. The second kappa shape index (κ2) is 7.21. The maximum atomic E-state index is 12.5. The van der Waals surface area contributed by atoms with Crippen LogP contribution in [0.5, 0.6) is 0 Å². The molecule has 0 spiro atoms. The van der Waals surface area contributed by atoms with Gasteiger partial charge in [0.25, 0.3) is 0 Å². The van der Waals surface area contributed by atoms with Crippen molar-refractivity contribution in [2.75, 3.05) is 20.8 Å². The molecule has 7 heteroatoms. The first kappa shape index (κ1) is 17.2. The lowest BCUT2D eigenvalue weighted by molar-refractivity contribution is 0.149. The number of sulfonamides is 1. The molecular weight excluding hydrogens is 280 g/mol. The minimum Gasteiger partial charge on any atom is -0.390 e. The Morgan fingerprint density at radius 2 is 2.15 bits per heavy atom. The van der Waals surface area contributed by atoms with Gasteiger partial charge >= 0.3 is 0 Å². The highest BCUT2D eigenvalue weighted by Gasteiger charge is 2.27. The molecular formula is C13H24N2O4S. The second-order valence-corrected chi connectivity index (χ2v) is 6.84. The van der Waals surface area contributed by atoms with Crippen LogP contribution in [0, 0.1) is 0 Å². The number of nitrogens with zero attached hydrogens (tertiary/aromatic N) is 2. The third-order valence-electron chi connectivity index (χ3n) is 3.29. The van der Waals surface area contributed by atoms with Crippen LogP contribution < -0.4 is 0 Å². The Labute approximate surface area is 121 Å². The molecule has 0 bridgehead atoms. The smallest absolute Gasteiger partial charge is 0.244 e. The van der Waals surface area contributed by atoms with E-state index < -0.39 is 10.0 Å². The Morgan fingerprint density at radius 3 is 2.65 bits per heavy atom. The van der Waals surface area contributed by atoms with Crippen LogP contribution >= 0.6 is 0 Å². The minimum atomic E-state index is -3.57. The number of aromatic nitrogens is 1. The van der Waals surface area contributed by atoms with Gasteiger partial charge in [-0.2, -0.15) is 4.31 Å². The molecule has 1 unspecified atom stereocenters. The van der Waals surface area contributed by atoms with Gasteiger partial charge in [0.05, 0.1) is 13.2 Å². The van der Waals surface area contributed by atoms with Crippen molar-refractivity contribution in [3.05, 3.63) is 18.0 Å². The predicted molar refractivity (Wildman–Crippen MR) is 76.9 cm³/mol. The van der Waals surface area contributed by atoms with Crippen LogP contribution in [0.4, 0.5) is 0 Å². The van der Waals surface area contributed by atoms with E-state index in [-0.39, 0.29) is 17.5 Å². The fourth-order valence-electron chi connectivity index (χ4n) is 2.00. The van der Waals surface area contributed by atoms with Gasteiger partial charge in [0, 0.05) is 38.6 Å². The fraction of sp³-hybridized carbons (Fsp3) is 0.692. The topological polar surface area (TPSA) is 71.8 Å². The Balaban J connectivity index is 3.09. The van der Waals surface area contributed by atoms with Gasteiger partial charge in [-0.05, 0) is 19.4 Å². The molecule has 1 aromatic rings. The first-order chi connectivity index (χ1) is 9.38. The summed E-state index contributed by atoms with van der Waals surface area (Å²) in [5.74, 6) is 0. The van der Waals surface area contributed by atoms with E-state index in [1.807, 2.05) is 6.92 Å². The van der Waals surface area contributed by atoms with Crippen LogP contribution in [0.2, 0.25) is 0 Å². The third kappa shape index (κ3) is 3.60. The summed E-state index contributed by atoms with van der Waals surface area (Å²) in [6, 6.07) is 1.28. The van der Waals surface area contributed by atoms with Crippen molar-refractivity contribution in [1.82, 2.24) is 8.87 Å². The minimum absolute atomic E-state index is 0.174. The first-order valence-electron chi connectivity index (χ1n) is 6.65. The van der Waals surface area contributed by atoms with E-state index in [1.54, 1.807) is 24.8 Å². The van der Waals surface area contributed by atoms with Gasteiger partial charge in [-0.25, -0.2) is 8.42 Å². The fourth-order valence-corrected chi connectivity index (χ4v) is 3.41. The highest BCUT2D eigenvalue weighted by Crippen LogP contribution is 2.20. The number of aryl methyl sites for hydroxylation is 1. The lowest BCUT2D eigenvalue weighted by Gasteiger charge is -2.23. The average Bonchev–Trinajstić information content (AvgIpc) is 2.82. The molecule has 0 fully saturated rings. The number of likely N-dealkylation sites (N-methyl/N-ethyl adjacent to an activating group) is 1. The van der Waals surface area contributed by atoms with Crippen molar-refractivity contribution in [2.24, 2.45) is 0 Å². The van der Waals surface area contributed by atoms with Crippen molar-refractivity contribution >= 4 is 10.0 Å². The van der Waals surface area contributed by atoms with E-state index in [0.29, 0.717) is 18.8 Å². The van der Waals surface area contributed by atoms with Crippen LogP contribution in [-0.4, -0.2) is 49.2 Å². The number of hydrogen-bond donors (Lipinski definition) is 1. The van der Waals surface area contributed by atoms with Crippen LogP contribution in [0.25, 0.3) is 0 Å². The molecule has 0 saturated carbocycles. The number of methoxy groups -OCH3 is 1. The van der Waals surface area contributed by atoms with Crippen LogP contribution in [0.1, 0.15) is 26.0 Å². The number of aliphatic hydroxyl groups excluding tert-OH is 1. The van der Waals surface area contributed by atoms with Crippen molar-refractivity contribution in [3.8, 4) is 0 Å². The van der Waals surface area contributed by atoms with Gasteiger partial charge in [-0.1, -0.05) is 6.92 Å². The quantitative estimate of drug-likeness (QED) is 0.779. The van der Waals surface area contributed by atoms with Gasteiger partial charge in [-0.3, -0.25) is 0 Å². The van der Waals surface area contributed by atoms with Gasteiger partial charge in [-0.15, -0.1) is 0 Å². The SMILES string of the molecule is CCCn1cc(S(=O)(=O)N(C)C(C)COC)cc1CO. The van der Waals surface area contributed by atoms with Crippen molar-refractivity contribution in [2.45, 2.75) is 44.4 Å². The van der Waals surface area contributed by atoms with Crippen molar-refractivity contribution in [3.63, 3.8) is 0 Å². The van der Waals surface area contributed by atoms with E-state index in [0.717, 1.165) is 6.42 Å². The summed E-state index contributed by atoms with van der Waals surface area (Å²) in [7, 11) is -0.492. The number of rotatable bonds is 8. The van der Waals surface area contributed by atoms with Gasteiger partial charge in [0.15, 0.2) is 0 Å². The maximum Gasteiger partial charge on any atom is 0.244 e. The van der Waals surface area contributed by atoms with E-state index in [9.17, 15) is 13.5 Å². The van der Waals surface area contributed by atoms with Crippen LogP contribution in [-0.2, 0) is 27.9 Å². The summed E-state index contributed by atoms with van der Waals surface area (Å²) in [4.78, 5) is 0.209. The molecule has 1 aromatic heterocycles. The molecule has 0 amide bonds. The maximum absolute atomic E-state index is 12.5. The van der Waals surface area contributed by atoms with Crippen LogP contribution in [0.3, 0.4) is 0 Å². The average molecular weight is 304 g/mol. The number of hydrogen-bond acceptors (Lipinski definition) is 4. The molecule has 1 atom stereocenters. The summed E-state index contributed by atoms with van der Waals surface area (Å²) in [6.45, 7) is 4.63. The zero-order chi connectivity index (χ0) is 15.3. The van der Waals surface area contributed by atoms with Crippen LogP contribution in [0.15, 0.2) is 17.2 Å². The molecule has 0 aliphatic heterocycles. The third-order valence-corrected chi connectivity index (χ3v) is 5.23. The molecule has 0 aliphatic rings. The molecule has 0 radical (unpaired) electrons. The van der Waals surface area contributed by atoms with Gasteiger partial charge in [0.1, 0.15) is 4.90 Å². The zero-order valence-electron chi connectivity index (χ0n) is 12.5. The van der Waals surface area contributed by atoms with Gasteiger partial charge < -0.3 is 14.4 Å². The molecule has 1 heterocycles. The normalized spacial score (nSPS) is 13.9. The molecule has 20 heavy (non-hydrogen) atoms. The Hall–Kier alpha value is -0.890. The van der Waals surface area contributed by atoms with E-state index in [1.165, 1.54) is 17.4 Å². The second-order valence-electron chi connectivity index (χ2n) is 4.84. The molecule has 0 saturated heterocycles. The highest BCUT2D eigenvalue weighted by molar-refractivity contribution is 7.89. The standard InChI is InChI=1S/C13H24N2O4S/c1-5-6-15-8-13(7-12(15)9-16)20(17,18)14(3)11(2)10-19-4/h7-8,11,16H,5-6,9-10H2,1-4H3. The van der Waals surface area contributed by atoms with E-state index >= 15 is 0 Å². The summed E-state index contributed by atoms with van der Waals surface area (Å²) in [6.07, 6.45) is 2.46. The first-order valence-corrected chi connectivity index (χ1v) is 8.09.